The van der Waals surface area contributed by atoms with E-state index < -0.39 is 0 Å². The molecule has 0 radical (unpaired) electrons. The van der Waals surface area contributed by atoms with Gasteiger partial charge in [0.15, 0.2) is 11.5 Å². The predicted molar refractivity (Wildman–Crippen MR) is 159 cm³/mol. The van der Waals surface area contributed by atoms with Crippen LogP contribution in [-0.2, 0) is 0 Å². The summed E-state index contributed by atoms with van der Waals surface area (Å²) >= 11 is 11.1. The molecule has 2 aromatic heterocycles. The fourth-order valence-corrected chi connectivity index (χ4v) is 5.22. The summed E-state index contributed by atoms with van der Waals surface area (Å²) in [4.78, 5) is 10.4. The topological polar surface area (TPSA) is 159 Å². The quantitative estimate of drug-likeness (QED) is 0.239. The molecule has 12 heteroatoms. The highest BCUT2D eigenvalue weighted by Gasteiger charge is 2.44. The fraction of sp³-hybridized carbons (Fsp3) is 0.357. The van der Waals surface area contributed by atoms with E-state index in [2.05, 4.69) is 26.3 Å². The number of ether oxygens (including phenoxy) is 2. The molecule has 10 nitrogen and oxygen atoms in total. The Hall–Kier alpha value is -3.78. The number of aromatic nitrogens is 2. The van der Waals surface area contributed by atoms with Crippen molar-refractivity contribution in [2.45, 2.75) is 31.7 Å². The maximum atomic E-state index is 9.74. The molecule has 0 unspecified atom stereocenters. The number of benzene rings is 1. The van der Waals surface area contributed by atoms with E-state index in [1.165, 1.54) is 25.2 Å². The zero-order chi connectivity index (χ0) is 28.9. The van der Waals surface area contributed by atoms with Gasteiger partial charge in [0.05, 0.1) is 46.3 Å². The number of anilines is 3. The number of piperidine rings is 1. The van der Waals surface area contributed by atoms with Gasteiger partial charge in [0.25, 0.3) is 0 Å². The molecule has 4 heterocycles. The summed E-state index contributed by atoms with van der Waals surface area (Å²) in [5.74, 6) is 1.72. The molecule has 40 heavy (non-hydrogen) atoms. The third-order valence-electron chi connectivity index (χ3n) is 6.94. The molecule has 2 aliphatic rings. The van der Waals surface area contributed by atoms with Crippen LogP contribution in [0.3, 0.4) is 0 Å². The zero-order valence-electron chi connectivity index (χ0n) is 22.4. The van der Waals surface area contributed by atoms with Crippen molar-refractivity contribution in [2.24, 2.45) is 0 Å². The number of pyridine rings is 2. The predicted octanol–water partition coefficient (Wildman–Crippen LogP) is 4.66. The Bertz CT molecular complexity index is 1410. The molecule has 1 aromatic carbocycles. The van der Waals surface area contributed by atoms with Crippen molar-refractivity contribution in [1.29, 1.82) is 10.7 Å². The first kappa shape index (κ1) is 29.2. The van der Waals surface area contributed by atoms with Crippen LogP contribution in [0.4, 0.5) is 17.2 Å². The second kappa shape index (κ2) is 12.6. The summed E-state index contributed by atoms with van der Waals surface area (Å²) < 4.78 is 10.9. The first-order valence-electron chi connectivity index (χ1n) is 12.9. The molecule has 1 spiro atoms. The Labute approximate surface area is 243 Å². The largest absolute Gasteiger partial charge is 0.493 e. The third-order valence-corrected chi connectivity index (χ3v) is 7.54. The summed E-state index contributed by atoms with van der Waals surface area (Å²) in [6, 6.07) is 7.32. The highest BCUT2D eigenvalue weighted by atomic mass is 35.5. The Morgan fingerprint density at radius 1 is 1.15 bits per heavy atom. The van der Waals surface area contributed by atoms with E-state index in [1.54, 1.807) is 31.5 Å². The molecular formula is C28H32Cl2N8O2. The van der Waals surface area contributed by atoms with Crippen molar-refractivity contribution in [1.82, 2.24) is 15.3 Å². The van der Waals surface area contributed by atoms with Crippen molar-refractivity contribution in [3.05, 3.63) is 63.5 Å². The molecule has 3 aromatic rings. The molecule has 2 aliphatic heterocycles. The number of halogens is 2. The molecule has 210 valence electrons. The van der Waals surface area contributed by atoms with Crippen molar-refractivity contribution >= 4 is 46.1 Å². The summed E-state index contributed by atoms with van der Waals surface area (Å²) in [6.45, 7) is 5.11. The lowest BCUT2D eigenvalue weighted by Crippen LogP contribution is -2.70. The lowest BCUT2D eigenvalue weighted by molar-refractivity contribution is 0.201. The van der Waals surface area contributed by atoms with Crippen LogP contribution in [0.15, 0.2) is 36.8 Å². The van der Waals surface area contributed by atoms with Gasteiger partial charge in [0.2, 0.25) is 0 Å². The lowest BCUT2D eigenvalue weighted by atomic mass is 9.81. The SMILES string of the molecule is CCOc1cc(C(=N)c2cnc(N3CC4(CCCCN4)C3)c(C#N)c2)c(N)cc1OC.Nc1c(Cl)cncc1Cl. The summed E-state index contributed by atoms with van der Waals surface area (Å²) in [6.07, 6.45) is 8.16. The van der Waals surface area contributed by atoms with E-state index in [0.717, 1.165) is 26.1 Å². The number of hydrogen-bond acceptors (Lipinski definition) is 10. The van der Waals surface area contributed by atoms with E-state index in [0.29, 0.717) is 62.0 Å². The highest BCUT2D eigenvalue weighted by Crippen LogP contribution is 2.36. The Morgan fingerprint density at radius 3 is 2.45 bits per heavy atom. The van der Waals surface area contributed by atoms with E-state index in [9.17, 15) is 5.26 Å². The highest BCUT2D eigenvalue weighted by molar-refractivity contribution is 6.38. The summed E-state index contributed by atoms with van der Waals surface area (Å²) in [7, 11) is 1.55. The molecule has 0 saturated carbocycles. The Balaban J connectivity index is 0.000000350. The minimum absolute atomic E-state index is 0.158. The maximum Gasteiger partial charge on any atom is 0.162 e. The van der Waals surface area contributed by atoms with Crippen LogP contribution in [0.25, 0.3) is 0 Å². The second-order valence-corrected chi connectivity index (χ2v) is 10.5. The lowest BCUT2D eigenvalue weighted by Gasteiger charge is -2.53. The van der Waals surface area contributed by atoms with Gasteiger partial charge in [-0.2, -0.15) is 5.26 Å². The van der Waals surface area contributed by atoms with E-state index in [4.69, 9.17) is 49.6 Å². The number of nitriles is 1. The van der Waals surface area contributed by atoms with E-state index in [-0.39, 0.29) is 11.3 Å². The number of methoxy groups -OCH3 is 1. The van der Waals surface area contributed by atoms with E-state index in [1.807, 2.05) is 6.92 Å². The molecule has 5 rings (SSSR count). The minimum atomic E-state index is 0.158. The molecule has 0 atom stereocenters. The Morgan fingerprint density at radius 2 is 1.88 bits per heavy atom. The van der Waals surface area contributed by atoms with Crippen LogP contribution >= 0.6 is 23.2 Å². The molecule has 0 bridgehead atoms. The van der Waals surface area contributed by atoms with Gasteiger partial charge in [-0.25, -0.2) is 4.98 Å². The molecule has 2 saturated heterocycles. The van der Waals surface area contributed by atoms with Gasteiger partial charge in [-0.3, -0.25) is 10.4 Å². The van der Waals surface area contributed by atoms with Crippen LogP contribution in [0.5, 0.6) is 11.5 Å². The van der Waals surface area contributed by atoms with Crippen LogP contribution < -0.4 is 31.2 Å². The average molecular weight is 584 g/mol. The standard InChI is InChI=1S/C23H28N6O2.C5H4Cl2N2/c1-3-31-20-9-17(18(25)10-19(20)30-2)21(26)16-8-15(11-24)22(27-12-16)29-13-23(14-29)6-4-5-7-28-23;6-3-1-9-2-4(7)5(3)8/h8-10,12,26,28H,3-7,13-14,25H2,1-2H3;1-2H,(H2,8,9). The maximum absolute atomic E-state index is 9.74. The number of hydrogen-bond donors (Lipinski definition) is 4. The number of nitrogens with one attached hydrogen (secondary N) is 2. The van der Waals surface area contributed by atoms with Gasteiger partial charge in [-0.15, -0.1) is 0 Å². The van der Waals surface area contributed by atoms with Crippen LogP contribution in [-0.4, -0.2) is 54.6 Å². The van der Waals surface area contributed by atoms with E-state index >= 15 is 0 Å². The monoisotopic (exact) mass is 582 g/mol. The van der Waals surface area contributed by atoms with Crippen LogP contribution in [0.1, 0.15) is 42.9 Å². The van der Waals surface area contributed by atoms with Crippen molar-refractivity contribution < 1.29 is 9.47 Å². The zero-order valence-corrected chi connectivity index (χ0v) is 23.9. The third kappa shape index (κ3) is 6.17. The minimum Gasteiger partial charge on any atom is -0.493 e. The van der Waals surface area contributed by atoms with Crippen LogP contribution in [0, 0.1) is 16.7 Å². The summed E-state index contributed by atoms with van der Waals surface area (Å²) in [5, 5.41) is 22.8. The smallest absolute Gasteiger partial charge is 0.162 e. The molecule has 0 amide bonds. The normalized spacial score (nSPS) is 15.3. The number of nitrogens with two attached hydrogens (primary N) is 2. The fourth-order valence-electron chi connectivity index (χ4n) is 4.86. The Kier molecular flexibility index (Phi) is 9.20. The van der Waals surface area contributed by atoms with Crippen LogP contribution in [0.2, 0.25) is 10.0 Å². The van der Waals surface area contributed by atoms with Gasteiger partial charge in [0, 0.05) is 54.6 Å². The van der Waals surface area contributed by atoms with Gasteiger partial charge >= 0.3 is 0 Å². The molecular weight excluding hydrogens is 551 g/mol. The van der Waals surface area contributed by atoms with Gasteiger partial charge in [0.1, 0.15) is 11.9 Å². The number of rotatable bonds is 6. The van der Waals surface area contributed by atoms with Gasteiger partial charge < -0.3 is 31.2 Å². The van der Waals surface area contributed by atoms with Crippen molar-refractivity contribution in [2.75, 3.05) is 49.7 Å². The van der Waals surface area contributed by atoms with Gasteiger partial charge in [-0.1, -0.05) is 29.6 Å². The van der Waals surface area contributed by atoms with Crippen molar-refractivity contribution in [3.63, 3.8) is 0 Å². The van der Waals surface area contributed by atoms with Crippen molar-refractivity contribution in [3.8, 4) is 17.6 Å². The molecule has 2 fully saturated rings. The second-order valence-electron chi connectivity index (χ2n) is 9.64. The first-order chi connectivity index (χ1) is 19.2. The number of nitrogens with zero attached hydrogens (tertiary/aromatic N) is 4. The molecule has 6 N–H and O–H groups in total. The van der Waals surface area contributed by atoms with Gasteiger partial charge in [-0.05, 0) is 38.4 Å². The number of nitrogen functional groups attached to an aromatic ring is 2. The molecule has 0 aliphatic carbocycles. The summed E-state index contributed by atoms with van der Waals surface area (Å²) in [5.41, 5.74) is 14.2. The first-order valence-corrected chi connectivity index (χ1v) is 13.6. The average Bonchev–Trinajstić information content (AvgIpc) is 2.95.